The maximum Gasteiger partial charge on any atom is 0.274 e. The van der Waals surface area contributed by atoms with Crippen molar-refractivity contribution in [2.75, 3.05) is 24.1 Å². The number of rotatable bonds is 6. The molecule has 11 heteroatoms. The van der Waals surface area contributed by atoms with Crippen LogP contribution in [0.3, 0.4) is 0 Å². The van der Waals surface area contributed by atoms with E-state index in [4.69, 9.17) is 50.7 Å². The van der Waals surface area contributed by atoms with Gasteiger partial charge in [-0.05, 0) is 49.2 Å². The molecule has 8 nitrogen and oxygen atoms in total. The Balaban J connectivity index is 1.51. The van der Waals surface area contributed by atoms with E-state index in [1.54, 1.807) is 24.3 Å². The van der Waals surface area contributed by atoms with Gasteiger partial charge in [-0.2, -0.15) is 0 Å². The SMILES string of the molecule is N=C(c1ccc(Oc2ccccc2)cc1)c1c(N)ncnc1NC1CCCN(C(=O)C(Cl)(Cl)Cl)C1. The van der Waals surface area contributed by atoms with Crippen LogP contribution in [-0.4, -0.2) is 49.4 Å². The summed E-state index contributed by atoms with van der Waals surface area (Å²) in [7, 11) is 0. The third-order valence-corrected chi connectivity index (χ3v) is 6.03. The number of anilines is 2. The molecule has 1 aromatic heterocycles. The number of hydrogen-bond donors (Lipinski definition) is 3. The van der Waals surface area contributed by atoms with E-state index in [0.29, 0.717) is 35.8 Å². The minimum atomic E-state index is -2.01. The molecule has 4 rings (SSSR count). The van der Waals surface area contributed by atoms with Crippen molar-refractivity contribution in [3.05, 3.63) is 72.1 Å². The van der Waals surface area contributed by atoms with Gasteiger partial charge in [0.15, 0.2) is 0 Å². The van der Waals surface area contributed by atoms with E-state index in [-0.39, 0.29) is 17.6 Å². The lowest BCUT2D eigenvalue weighted by Gasteiger charge is -2.35. The quantitative estimate of drug-likeness (QED) is 0.302. The average Bonchev–Trinajstić information content (AvgIpc) is 2.84. The molecule has 0 spiro atoms. The number of para-hydroxylation sites is 1. The standard InChI is InChI=1S/C24H23Cl3N6O2/c25-24(26,27)23(34)33-12-4-5-16(13-33)32-22-19(21(29)30-14-31-22)20(28)15-8-10-18(11-9-15)35-17-6-2-1-3-7-17/h1-3,6-11,14,16,28H,4-5,12-13H2,(H3,29,30,31,32). The van der Waals surface area contributed by atoms with Crippen LogP contribution in [-0.2, 0) is 4.79 Å². The number of alkyl halides is 3. The number of ether oxygens (including phenoxy) is 1. The molecule has 0 bridgehead atoms. The number of piperidine rings is 1. The number of carbonyl (C=O) groups excluding carboxylic acids is 1. The second-order valence-corrected chi connectivity index (χ2v) is 10.3. The predicted molar refractivity (Wildman–Crippen MR) is 139 cm³/mol. The molecule has 1 aliphatic rings. The van der Waals surface area contributed by atoms with E-state index >= 15 is 0 Å². The number of halogens is 3. The van der Waals surface area contributed by atoms with Gasteiger partial charge in [0.1, 0.15) is 29.5 Å². The first-order valence-corrected chi connectivity index (χ1v) is 12.0. The molecule has 4 N–H and O–H groups in total. The minimum absolute atomic E-state index is 0.155. The zero-order chi connectivity index (χ0) is 25.0. The largest absolute Gasteiger partial charge is 0.457 e. The molecular formula is C24H23Cl3N6O2. The summed E-state index contributed by atoms with van der Waals surface area (Å²) >= 11 is 17.3. The van der Waals surface area contributed by atoms with Gasteiger partial charge in [0.2, 0.25) is 0 Å². The number of benzene rings is 2. The number of nitrogens with two attached hydrogens (primary N) is 1. The number of aromatic nitrogens is 2. The summed E-state index contributed by atoms with van der Waals surface area (Å²) in [5, 5.41) is 12.1. The molecule has 0 saturated carbocycles. The van der Waals surface area contributed by atoms with Crippen LogP contribution in [0.4, 0.5) is 11.6 Å². The lowest BCUT2D eigenvalue weighted by Crippen LogP contribution is -2.49. The third kappa shape index (κ3) is 6.14. The Morgan fingerprint density at radius 1 is 1.09 bits per heavy atom. The molecule has 1 atom stereocenters. The van der Waals surface area contributed by atoms with E-state index in [2.05, 4.69) is 15.3 Å². The van der Waals surface area contributed by atoms with Crippen LogP contribution in [0.1, 0.15) is 24.0 Å². The molecule has 0 aliphatic carbocycles. The molecule has 182 valence electrons. The third-order valence-electron chi connectivity index (χ3n) is 5.54. The van der Waals surface area contributed by atoms with Gasteiger partial charge >= 0.3 is 0 Å². The predicted octanol–water partition coefficient (Wildman–Crippen LogP) is 5.04. The lowest BCUT2D eigenvalue weighted by molar-refractivity contribution is -0.131. The van der Waals surface area contributed by atoms with Gasteiger partial charge in [-0.25, -0.2) is 9.97 Å². The molecule has 1 aliphatic heterocycles. The topological polar surface area (TPSA) is 117 Å². The van der Waals surface area contributed by atoms with Crippen molar-refractivity contribution >= 4 is 58.1 Å². The Kier molecular flexibility index (Phi) is 7.64. The highest BCUT2D eigenvalue weighted by Crippen LogP contribution is 2.31. The number of nitrogens with one attached hydrogen (secondary N) is 2. The number of likely N-dealkylation sites (tertiary alicyclic amines) is 1. The number of nitrogens with zero attached hydrogens (tertiary/aromatic N) is 3. The van der Waals surface area contributed by atoms with E-state index < -0.39 is 9.70 Å². The van der Waals surface area contributed by atoms with Crippen LogP contribution in [0.2, 0.25) is 0 Å². The van der Waals surface area contributed by atoms with E-state index in [0.717, 1.165) is 18.6 Å². The summed E-state index contributed by atoms with van der Waals surface area (Å²) in [4.78, 5) is 22.3. The van der Waals surface area contributed by atoms with Gasteiger partial charge < -0.3 is 20.7 Å². The molecule has 1 unspecified atom stereocenters. The molecule has 3 aromatic rings. The Labute approximate surface area is 217 Å². The Hall–Kier alpha value is -3.07. The molecule has 2 heterocycles. The summed E-state index contributed by atoms with van der Waals surface area (Å²) < 4.78 is 3.82. The fourth-order valence-electron chi connectivity index (χ4n) is 3.87. The monoisotopic (exact) mass is 532 g/mol. The molecule has 1 saturated heterocycles. The first kappa shape index (κ1) is 25.0. The summed E-state index contributed by atoms with van der Waals surface area (Å²) in [6.45, 7) is 0.825. The molecule has 35 heavy (non-hydrogen) atoms. The smallest absolute Gasteiger partial charge is 0.274 e. The van der Waals surface area contributed by atoms with Gasteiger partial charge in [0.05, 0.1) is 11.3 Å². The zero-order valence-corrected chi connectivity index (χ0v) is 20.8. The average molecular weight is 534 g/mol. The van der Waals surface area contributed by atoms with Gasteiger partial charge in [-0.15, -0.1) is 0 Å². The maximum atomic E-state index is 12.4. The van der Waals surface area contributed by atoms with Crippen molar-refractivity contribution in [1.82, 2.24) is 14.9 Å². The van der Waals surface area contributed by atoms with Crippen molar-refractivity contribution in [3.63, 3.8) is 0 Å². The first-order chi connectivity index (χ1) is 16.7. The van der Waals surface area contributed by atoms with Crippen LogP contribution in [0.15, 0.2) is 60.9 Å². The highest BCUT2D eigenvalue weighted by Gasteiger charge is 2.37. The molecule has 0 radical (unpaired) electrons. The minimum Gasteiger partial charge on any atom is -0.457 e. The van der Waals surface area contributed by atoms with Crippen molar-refractivity contribution in [3.8, 4) is 11.5 Å². The van der Waals surface area contributed by atoms with Gasteiger partial charge in [0.25, 0.3) is 9.70 Å². The second-order valence-electron chi connectivity index (χ2n) is 8.03. The summed E-state index contributed by atoms with van der Waals surface area (Å²) in [6.07, 6.45) is 2.82. The van der Waals surface area contributed by atoms with Crippen molar-refractivity contribution in [2.45, 2.75) is 22.7 Å². The van der Waals surface area contributed by atoms with Crippen LogP contribution in [0, 0.1) is 5.41 Å². The van der Waals surface area contributed by atoms with Gasteiger partial charge in [0, 0.05) is 24.7 Å². The van der Waals surface area contributed by atoms with Crippen LogP contribution >= 0.6 is 34.8 Å². The van der Waals surface area contributed by atoms with Crippen molar-refractivity contribution in [1.29, 1.82) is 5.41 Å². The summed E-state index contributed by atoms with van der Waals surface area (Å²) in [6, 6.07) is 16.4. The maximum absolute atomic E-state index is 12.4. The Bertz CT molecular complexity index is 1200. The molecule has 2 aromatic carbocycles. The Morgan fingerprint density at radius 2 is 1.77 bits per heavy atom. The van der Waals surface area contributed by atoms with Gasteiger partial charge in [-0.3, -0.25) is 10.2 Å². The Morgan fingerprint density at radius 3 is 2.46 bits per heavy atom. The van der Waals surface area contributed by atoms with Crippen molar-refractivity contribution < 1.29 is 9.53 Å². The molecular weight excluding hydrogens is 511 g/mol. The number of carbonyl (C=O) groups is 1. The van der Waals surface area contributed by atoms with E-state index in [9.17, 15) is 4.79 Å². The zero-order valence-electron chi connectivity index (χ0n) is 18.5. The van der Waals surface area contributed by atoms with Crippen LogP contribution in [0.5, 0.6) is 11.5 Å². The number of amides is 1. The molecule has 1 fully saturated rings. The highest BCUT2D eigenvalue weighted by molar-refractivity contribution is 6.76. The fraction of sp³-hybridized carbons (Fsp3) is 0.250. The van der Waals surface area contributed by atoms with Gasteiger partial charge in [-0.1, -0.05) is 53.0 Å². The summed E-state index contributed by atoms with van der Waals surface area (Å²) in [5.74, 6) is 1.37. The second kappa shape index (κ2) is 10.7. The van der Waals surface area contributed by atoms with E-state index in [1.807, 2.05) is 30.3 Å². The van der Waals surface area contributed by atoms with Crippen LogP contribution in [0.25, 0.3) is 0 Å². The van der Waals surface area contributed by atoms with E-state index in [1.165, 1.54) is 11.2 Å². The lowest BCUT2D eigenvalue weighted by atomic mass is 10.0. The summed E-state index contributed by atoms with van der Waals surface area (Å²) in [5.41, 5.74) is 7.30. The molecule has 1 amide bonds. The normalized spacial score (nSPS) is 16.0. The number of nitrogen functional groups attached to an aromatic ring is 1. The first-order valence-electron chi connectivity index (χ1n) is 10.9. The van der Waals surface area contributed by atoms with Crippen molar-refractivity contribution in [2.24, 2.45) is 0 Å². The fourth-order valence-corrected chi connectivity index (χ4v) is 4.22. The number of hydrogen-bond acceptors (Lipinski definition) is 7. The van der Waals surface area contributed by atoms with Crippen LogP contribution < -0.4 is 15.8 Å². The highest BCUT2D eigenvalue weighted by atomic mass is 35.6.